The average molecular weight is 383 g/mol. The maximum atomic E-state index is 11.9. The van der Waals surface area contributed by atoms with E-state index in [2.05, 4.69) is 10.6 Å². The average Bonchev–Trinajstić information content (AvgIpc) is 2.83. The lowest BCUT2D eigenvalue weighted by atomic mass is 10.1. The summed E-state index contributed by atoms with van der Waals surface area (Å²) in [4.78, 5) is 58.2. The third-order valence-electron chi connectivity index (χ3n) is 3.42. The van der Waals surface area contributed by atoms with E-state index in [4.69, 9.17) is 4.74 Å². The van der Waals surface area contributed by atoms with Gasteiger partial charge in [0.2, 0.25) is 5.91 Å². The Hall–Kier alpha value is -2.91. The first-order valence-electron chi connectivity index (χ1n) is 8.52. The lowest BCUT2D eigenvalue weighted by Crippen LogP contribution is -2.47. The summed E-state index contributed by atoms with van der Waals surface area (Å²) in [5.41, 5.74) is -0.601. The second kappa shape index (κ2) is 9.70. The van der Waals surface area contributed by atoms with Crippen LogP contribution in [0.5, 0.6) is 0 Å². The lowest BCUT2D eigenvalue weighted by Gasteiger charge is -2.20. The van der Waals surface area contributed by atoms with Crippen LogP contribution in [0, 0.1) is 0 Å². The zero-order chi connectivity index (χ0) is 20.6. The van der Waals surface area contributed by atoms with E-state index >= 15 is 0 Å². The van der Waals surface area contributed by atoms with E-state index in [1.165, 1.54) is 0 Å². The fourth-order valence-electron chi connectivity index (χ4n) is 2.21. The largest absolute Gasteiger partial charge is 0.480 e. The molecule has 0 saturated carbocycles. The van der Waals surface area contributed by atoms with E-state index in [0.717, 1.165) is 17.1 Å². The summed E-state index contributed by atoms with van der Waals surface area (Å²) in [6.45, 7) is 5.00. The molecule has 1 atom stereocenters. The van der Waals surface area contributed by atoms with Gasteiger partial charge in [0, 0.05) is 18.7 Å². The number of carboxylic acids is 1. The van der Waals surface area contributed by atoms with Gasteiger partial charge in [0.25, 0.3) is 11.8 Å². The molecule has 0 radical (unpaired) electrons. The zero-order valence-electron chi connectivity index (χ0n) is 15.6. The van der Waals surface area contributed by atoms with Crippen LogP contribution < -0.4 is 10.6 Å². The third-order valence-corrected chi connectivity index (χ3v) is 3.42. The fraction of sp³-hybridized carbons (Fsp3) is 0.588. The summed E-state index contributed by atoms with van der Waals surface area (Å²) >= 11 is 0. The molecular weight excluding hydrogens is 358 g/mol. The molecule has 150 valence electrons. The van der Waals surface area contributed by atoms with Gasteiger partial charge in [-0.1, -0.05) is 0 Å². The number of carbonyl (C=O) groups excluding carboxylic acids is 4. The smallest absolute Gasteiger partial charge is 0.407 e. The van der Waals surface area contributed by atoms with Crippen LogP contribution in [-0.2, 0) is 23.9 Å². The predicted octanol–water partition coefficient (Wildman–Crippen LogP) is 0.176. The molecule has 4 amide bonds. The van der Waals surface area contributed by atoms with Crippen LogP contribution in [0.3, 0.4) is 0 Å². The van der Waals surface area contributed by atoms with Gasteiger partial charge >= 0.3 is 12.1 Å². The first-order chi connectivity index (χ1) is 12.5. The van der Waals surface area contributed by atoms with Gasteiger partial charge in [0.15, 0.2) is 0 Å². The van der Waals surface area contributed by atoms with Gasteiger partial charge in [-0.05, 0) is 40.0 Å². The molecule has 27 heavy (non-hydrogen) atoms. The molecule has 1 unspecified atom stereocenters. The van der Waals surface area contributed by atoms with Crippen molar-refractivity contribution >= 4 is 29.8 Å². The maximum Gasteiger partial charge on any atom is 0.407 e. The SMILES string of the molecule is CC(C)(C)OC(=O)NCCCCC(NC(=O)CN1C(=O)C=CC1=O)C(=O)O. The Balaban J connectivity index is 2.32. The van der Waals surface area contributed by atoms with Gasteiger partial charge in [-0.2, -0.15) is 0 Å². The Morgan fingerprint density at radius 1 is 1.15 bits per heavy atom. The summed E-state index contributed by atoms with van der Waals surface area (Å²) in [6, 6.07) is -1.15. The molecule has 0 bridgehead atoms. The van der Waals surface area contributed by atoms with Crippen molar-refractivity contribution in [2.45, 2.75) is 51.7 Å². The number of ether oxygens (including phenoxy) is 1. The minimum atomic E-state index is -1.22. The summed E-state index contributed by atoms with van der Waals surface area (Å²) in [5, 5.41) is 14.0. The lowest BCUT2D eigenvalue weighted by molar-refractivity contribution is -0.143. The normalized spacial score (nSPS) is 14.9. The van der Waals surface area contributed by atoms with Gasteiger partial charge in [0.05, 0.1) is 0 Å². The predicted molar refractivity (Wildman–Crippen MR) is 93.5 cm³/mol. The van der Waals surface area contributed by atoms with Gasteiger partial charge in [-0.15, -0.1) is 0 Å². The Morgan fingerprint density at radius 3 is 2.26 bits per heavy atom. The zero-order valence-corrected chi connectivity index (χ0v) is 15.6. The molecule has 1 rings (SSSR count). The maximum absolute atomic E-state index is 11.9. The molecule has 1 heterocycles. The second-order valence-electron chi connectivity index (χ2n) is 6.98. The van der Waals surface area contributed by atoms with E-state index in [1.54, 1.807) is 20.8 Å². The molecule has 3 N–H and O–H groups in total. The Morgan fingerprint density at radius 2 is 1.74 bits per heavy atom. The second-order valence-corrected chi connectivity index (χ2v) is 6.98. The molecule has 1 aliphatic rings. The summed E-state index contributed by atoms with van der Waals surface area (Å²) in [5.74, 6) is -3.19. The number of alkyl carbamates (subject to hydrolysis) is 1. The first-order valence-corrected chi connectivity index (χ1v) is 8.52. The van der Waals surface area contributed by atoms with Crippen molar-refractivity contribution in [3.63, 3.8) is 0 Å². The number of carboxylic acid groups (broad SMARTS) is 1. The van der Waals surface area contributed by atoms with Crippen LogP contribution in [0.2, 0.25) is 0 Å². The summed E-state index contributed by atoms with van der Waals surface area (Å²) < 4.78 is 5.07. The third kappa shape index (κ3) is 8.34. The van der Waals surface area contributed by atoms with Crippen LogP contribution in [0.15, 0.2) is 12.2 Å². The molecule has 10 heteroatoms. The van der Waals surface area contributed by atoms with Crippen LogP contribution in [0.4, 0.5) is 4.79 Å². The number of hydrogen-bond donors (Lipinski definition) is 3. The Kier molecular flexibility index (Phi) is 7.95. The topological polar surface area (TPSA) is 142 Å². The van der Waals surface area contributed by atoms with Crippen molar-refractivity contribution in [3.05, 3.63) is 12.2 Å². The number of nitrogens with one attached hydrogen (secondary N) is 2. The highest BCUT2D eigenvalue weighted by atomic mass is 16.6. The van der Waals surface area contributed by atoms with Crippen LogP contribution in [0.25, 0.3) is 0 Å². The van der Waals surface area contributed by atoms with Gasteiger partial charge in [-0.3, -0.25) is 19.3 Å². The molecule has 0 fully saturated rings. The number of amides is 4. The van der Waals surface area contributed by atoms with Crippen molar-refractivity contribution < 1.29 is 33.8 Å². The van der Waals surface area contributed by atoms with E-state index in [9.17, 15) is 29.1 Å². The van der Waals surface area contributed by atoms with E-state index in [1.807, 2.05) is 0 Å². The molecule has 0 spiro atoms. The molecular formula is C17H25N3O7. The van der Waals surface area contributed by atoms with E-state index in [0.29, 0.717) is 19.4 Å². The van der Waals surface area contributed by atoms with Crippen LogP contribution in [0.1, 0.15) is 40.0 Å². The highest BCUT2D eigenvalue weighted by Gasteiger charge is 2.27. The minimum Gasteiger partial charge on any atom is -0.480 e. The molecule has 0 aromatic rings. The molecule has 0 aliphatic carbocycles. The molecule has 0 aromatic carbocycles. The van der Waals surface area contributed by atoms with Gasteiger partial charge < -0.3 is 20.5 Å². The molecule has 0 saturated heterocycles. The van der Waals surface area contributed by atoms with Crippen molar-refractivity contribution in [3.8, 4) is 0 Å². The van der Waals surface area contributed by atoms with Crippen molar-refractivity contribution in [1.82, 2.24) is 15.5 Å². The summed E-state index contributed by atoms with van der Waals surface area (Å²) in [7, 11) is 0. The number of hydrogen-bond acceptors (Lipinski definition) is 6. The summed E-state index contributed by atoms with van der Waals surface area (Å²) in [6.07, 6.45) is 2.59. The molecule has 0 aromatic heterocycles. The number of carbonyl (C=O) groups is 5. The standard InChI is InChI=1S/C17H25N3O7/c1-17(2,3)27-16(26)18-9-5-4-6-11(15(24)25)19-12(21)10-20-13(22)7-8-14(20)23/h7-8,11H,4-6,9-10H2,1-3H3,(H,18,26)(H,19,21)(H,24,25). The Labute approximate surface area is 156 Å². The van der Waals surface area contributed by atoms with Crippen molar-refractivity contribution in [2.75, 3.05) is 13.1 Å². The van der Waals surface area contributed by atoms with Gasteiger partial charge in [0.1, 0.15) is 18.2 Å². The number of aliphatic carboxylic acids is 1. The number of unbranched alkanes of at least 4 members (excludes halogenated alkanes) is 1. The number of nitrogens with zero attached hydrogens (tertiary/aromatic N) is 1. The van der Waals surface area contributed by atoms with E-state index < -0.39 is 48.0 Å². The Bertz CT molecular complexity index is 619. The highest BCUT2D eigenvalue weighted by Crippen LogP contribution is 2.07. The molecule has 10 nitrogen and oxygen atoms in total. The van der Waals surface area contributed by atoms with Crippen molar-refractivity contribution in [1.29, 1.82) is 0 Å². The highest BCUT2D eigenvalue weighted by molar-refractivity contribution is 6.14. The monoisotopic (exact) mass is 383 g/mol. The number of rotatable bonds is 9. The van der Waals surface area contributed by atoms with Gasteiger partial charge in [-0.25, -0.2) is 9.59 Å². The minimum absolute atomic E-state index is 0.136. The van der Waals surface area contributed by atoms with Crippen LogP contribution >= 0.6 is 0 Å². The van der Waals surface area contributed by atoms with E-state index in [-0.39, 0.29) is 6.42 Å². The quantitative estimate of drug-likeness (QED) is 0.381. The number of imide groups is 1. The van der Waals surface area contributed by atoms with Crippen molar-refractivity contribution in [2.24, 2.45) is 0 Å². The first kappa shape index (κ1) is 22.1. The molecule has 1 aliphatic heterocycles. The fourth-order valence-corrected chi connectivity index (χ4v) is 2.21. The van der Waals surface area contributed by atoms with Crippen LogP contribution in [-0.4, -0.2) is 64.5 Å².